The highest BCUT2D eigenvalue weighted by molar-refractivity contribution is 6.35. The first-order chi connectivity index (χ1) is 16.2. The fraction of sp³-hybridized carbons (Fsp3) is 0.120. The highest BCUT2D eigenvalue weighted by Gasteiger charge is 2.26. The van der Waals surface area contributed by atoms with E-state index in [1.807, 2.05) is 0 Å². The fourth-order valence-electron chi connectivity index (χ4n) is 3.21. The summed E-state index contributed by atoms with van der Waals surface area (Å²) < 4.78 is 17.2. The van der Waals surface area contributed by atoms with Crippen molar-refractivity contribution in [1.82, 2.24) is 0 Å². The summed E-state index contributed by atoms with van der Waals surface area (Å²) >= 11 is 24.6. The quantitative estimate of drug-likeness (QED) is 0.243. The molecule has 0 N–H and O–H groups in total. The van der Waals surface area contributed by atoms with E-state index in [1.54, 1.807) is 43.3 Å². The van der Waals surface area contributed by atoms with Crippen LogP contribution in [-0.4, -0.2) is 12.1 Å². The number of carbonyl (C=O) groups is 1. The molecular weight excluding hydrogens is 522 g/mol. The standard InChI is InChI=1S/C25H16Cl4O5/c1-12-9-21-16(11-18(12)28)22(30)24(23(33-21)15-5-3-4-6-17(15)27)34-25(31)13(2)32-20-8-7-14(26)10-19(20)29/h3-11,13H,1-2H3. The zero-order chi connectivity index (χ0) is 24.6. The lowest BCUT2D eigenvalue weighted by molar-refractivity contribution is -0.141. The Kier molecular flexibility index (Phi) is 7.10. The average molecular weight is 538 g/mol. The third-order valence-corrected chi connectivity index (χ3v) is 6.25. The third-order valence-electron chi connectivity index (χ3n) is 4.98. The lowest BCUT2D eigenvalue weighted by Crippen LogP contribution is -2.30. The number of aryl methyl sites for hydroxylation is 1. The number of hydrogen-bond acceptors (Lipinski definition) is 5. The third kappa shape index (κ3) is 4.89. The van der Waals surface area contributed by atoms with Crippen molar-refractivity contribution in [3.05, 3.63) is 90.5 Å². The second-order valence-corrected chi connectivity index (χ2v) is 9.08. The van der Waals surface area contributed by atoms with Crippen LogP contribution < -0.4 is 14.9 Å². The number of benzene rings is 3. The molecule has 1 heterocycles. The number of hydrogen-bond donors (Lipinski definition) is 0. The van der Waals surface area contributed by atoms with Crippen LogP contribution in [0.1, 0.15) is 12.5 Å². The van der Waals surface area contributed by atoms with E-state index in [1.165, 1.54) is 25.1 Å². The number of fused-ring (bicyclic) bond motifs is 1. The molecule has 9 heteroatoms. The van der Waals surface area contributed by atoms with Crippen molar-refractivity contribution in [3.8, 4) is 22.8 Å². The van der Waals surface area contributed by atoms with Gasteiger partial charge in [0.15, 0.2) is 11.9 Å². The SMILES string of the molecule is Cc1cc2oc(-c3ccccc3Cl)c(OC(=O)C(C)Oc3ccc(Cl)cc3Cl)c(=O)c2cc1Cl. The summed E-state index contributed by atoms with van der Waals surface area (Å²) in [4.78, 5) is 26.3. The molecule has 1 unspecified atom stereocenters. The Bertz CT molecular complexity index is 1480. The van der Waals surface area contributed by atoms with Crippen LogP contribution >= 0.6 is 46.4 Å². The summed E-state index contributed by atoms with van der Waals surface area (Å²) in [6, 6.07) is 14.4. The van der Waals surface area contributed by atoms with E-state index in [0.717, 1.165) is 0 Å². The topological polar surface area (TPSA) is 65.7 Å². The largest absolute Gasteiger partial charge is 0.477 e. The van der Waals surface area contributed by atoms with Crippen molar-refractivity contribution in [1.29, 1.82) is 0 Å². The Morgan fingerprint density at radius 1 is 0.941 bits per heavy atom. The predicted molar refractivity (Wildman–Crippen MR) is 135 cm³/mol. The molecule has 0 fully saturated rings. The highest BCUT2D eigenvalue weighted by atomic mass is 35.5. The lowest BCUT2D eigenvalue weighted by atomic mass is 10.1. The molecule has 1 aromatic heterocycles. The maximum absolute atomic E-state index is 13.4. The molecule has 3 aromatic carbocycles. The van der Waals surface area contributed by atoms with Crippen LogP contribution in [0.4, 0.5) is 0 Å². The summed E-state index contributed by atoms with van der Waals surface area (Å²) in [5.74, 6) is -0.933. The Morgan fingerprint density at radius 3 is 2.38 bits per heavy atom. The molecule has 0 saturated carbocycles. The molecule has 174 valence electrons. The molecule has 0 aliphatic carbocycles. The molecule has 34 heavy (non-hydrogen) atoms. The van der Waals surface area contributed by atoms with Crippen LogP contribution in [0, 0.1) is 6.92 Å². The monoisotopic (exact) mass is 536 g/mol. The summed E-state index contributed by atoms with van der Waals surface area (Å²) in [6.45, 7) is 3.25. The summed E-state index contributed by atoms with van der Waals surface area (Å²) in [5.41, 5.74) is 0.795. The molecular formula is C25H16Cl4O5. The van der Waals surface area contributed by atoms with E-state index in [-0.39, 0.29) is 33.3 Å². The molecule has 0 bridgehead atoms. The van der Waals surface area contributed by atoms with Gasteiger partial charge in [-0.2, -0.15) is 0 Å². The molecule has 5 nitrogen and oxygen atoms in total. The Morgan fingerprint density at radius 2 is 1.68 bits per heavy atom. The number of carbonyl (C=O) groups excluding carboxylic acids is 1. The van der Waals surface area contributed by atoms with Crippen molar-refractivity contribution in [3.63, 3.8) is 0 Å². The van der Waals surface area contributed by atoms with Crippen molar-refractivity contribution >= 4 is 63.3 Å². The number of rotatable bonds is 5. The highest BCUT2D eigenvalue weighted by Crippen LogP contribution is 2.36. The molecule has 4 rings (SSSR count). The second-order valence-electron chi connectivity index (χ2n) is 7.42. The molecule has 4 aromatic rings. The Balaban J connectivity index is 1.78. The van der Waals surface area contributed by atoms with Gasteiger partial charge in [-0.05, 0) is 61.9 Å². The van der Waals surface area contributed by atoms with Gasteiger partial charge in [0.25, 0.3) is 0 Å². The summed E-state index contributed by atoms with van der Waals surface area (Å²) in [5, 5.41) is 1.48. The van der Waals surface area contributed by atoms with Gasteiger partial charge in [0.1, 0.15) is 11.3 Å². The van der Waals surface area contributed by atoms with E-state index in [9.17, 15) is 9.59 Å². The van der Waals surface area contributed by atoms with E-state index in [0.29, 0.717) is 26.2 Å². The van der Waals surface area contributed by atoms with Crippen molar-refractivity contribution in [2.24, 2.45) is 0 Å². The minimum atomic E-state index is -1.12. The fourth-order valence-corrected chi connectivity index (χ4v) is 4.05. The maximum Gasteiger partial charge on any atom is 0.352 e. The van der Waals surface area contributed by atoms with Crippen molar-refractivity contribution < 1.29 is 18.7 Å². The molecule has 1 atom stereocenters. The zero-order valence-corrected chi connectivity index (χ0v) is 20.9. The molecule has 0 radical (unpaired) electrons. The van der Waals surface area contributed by atoms with Gasteiger partial charge in [-0.25, -0.2) is 4.79 Å². The zero-order valence-electron chi connectivity index (χ0n) is 17.8. The van der Waals surface area contributed by atoms with Gasteiger partial charge in [0, 0.05) is 15.6 Å². The van der Waals surface area contributed by atoms with Crippen LogP contribution in [0.15, 0.2) is 63.8 Å². The van der Waals surface area contributed by atoms with E-state index in [4.69, 9.17) is 60.3 Å². The van der Waals surface area contributed by atoms with Crippen LogP contribution in [0.3, 0.4) is 0 Å². The number of esters is 1. The van der Waals surface area contributed by atoms with Crippen LogP contribution in [0.5, 0.6) is 11.5 Å². The molecule has 0 saturated heterocycles. The van der Waals surface area contributed by atoms with E-state index >= 15 is 0 Å². The van der Waals surface area contributed by atoms with Gasteiger partial charge in [-0.3, -0.25) is 4.79 Å². The van der Waals surface area contributed by atoms with Gasteiger partial charge in [0.2, 0.25) is 11.2 Å². The van der Waals surface area contributed by atoms with Crippen LogP contribution in [0.2, 0.25) is 20.1 Å². The number of halogens is 4. The van der Waals surface area contributed by atoms with Crippen LogP contribution in [-0.2, 0) is 4.79 Å². The van der Waals surface area contributed by atoms with E-state index < -0.39 is 17.5 Å². The van der Waals surface area contributed by atoms with Crippen LogP contribution in [0.25, 0.3) is 22.3 Å². The first kappa shape index (κ1) is 24.4. The predicted octanol–water partition coefficient (Wildman–Crippen LogP) is 7.75. The molecule has 0 spiro atoms. The average Bonchev–Trinajstić information content (AvgIpc) is 2.79. The number of ether oxygens (including phenoxy) is 2. The first-order valence-electron chi connectivity index (χ1n) is 10.0. The van der Waals surface area contributed by atoms with Crippen molar-refractivity contribution in [2.75, 3.05) is 0 Å². The lowest BCUT2D eigenvalue weighted by Gasteiger charge is -2.16. The first-order valence-corrected chi connectivity index (χ1v) is 11.5. The maximum atomic E-state index is 13.4. The van der Waals surface area contributed by atoms with Gasteiger partial charge < -0.3 is 13.9 Å². The normalized spacial score (nSPS) is 11.9. The van der Waals surface area contributed by atoms with Gasteiger partial charge >= 0.3 is 5.97 Å². The Hall–Kier alpha value is -2.70. The molecule has 0 amide bonds. The summed E-state index contributed by atoms with van der Waals surface area (Å²) in [6.07, 6.45) is -1.12. The smallest absolute Gasteiger partial charge is 0.352 e. The minimum absolute atomic E-state index is 0.00916. The van der Waals surface area contributed by atoms with Crippen molar-refractivity contribution in [2.45, 2.75) is 20.0 Å². The Labute approximate surface area is 214 Å². The van der Waals surface area contributed by atoms with Gasteiger partial charge in [0.05, 0.1) is 15.4 Å². The minimum Gasteiger partial charge on any atom is -0.477 e. The second kappa shape index (κ2) is 9.88. The summed E-state index contributed by atoms with van der Waals surface area (Å²) in [7, 11) is 0. The molecule has 0 aliphatic heterocycles. The van der Waals surface area contributed by atoms with Gasteiger partial charge in [-0.1, -0.05) is 58.5 Å². The van der Waals surface area contributed by atoms with E-state index in [2.05, 4.69) is 0 Å². The molecule has 0 aliphatic rings. The van der Waals surface area contributed by atoms with Gasteiger partial charge in [-0.15, -0.1) is 0 Å².